The van der Waals surface area contributed by atoms with Crippen LogP contribution in [0.1, 0.15) is 51.0 Å². The molecule has 0 spiro atoms. The molecule has 2 aromatic heterocycles. The first-order valence-electron chi connectivity index (χ1n) is 15.5. The van der Waals surface area contributed by atoms with Crippen LogP contribution in [0.2, 0.25) is 0 Å². The lowest BCUT2D eigenvalue weighted by Gasteiger charge is -2.35. The van der Waals surface area contributed by atoms with E-state index in [1.807, 2.05) is 0 Å². The fourth-order valence-electron chi connectivity index (χ4n) is 8.21. The molecule has 2 unspecified atom stereocenters. The minimum absolute atomic E-state index is 0.0198. The summed E-state index contributed by atoms with van der Waals surface area (Å²) in [4.78, 5) is 18.8. The number of phenolic OH excluding ortho intramolecular Hbond substituents is 1. The Hall–Kier alpha value is -4.07. The summed E-state index contributed by atoms with van der Waals surface area (Å²) in [5.41, 5.74) is 0.103. The van der Waals surface area contributed by atoms with Crippen molar-refractivity contribution in [2.45, 2.75) is 69.1 Å². The Labute approximate surface area is 254 Å². The van der Waals surface area contributed by atoms with Gasteiger partial charge in [-0.05, 0) is 75.6 Å². The first-order valence-corrected chi connectivity index (χ1v) is 15.5. The number of rotatable bonds is 5. The number of piperazine rings is 1. The van der Waals surface area contributed by atoms with Gasteiger partial charge >= 0.3 is 6.01 Å². The monoisotopic (exact) mass is 596 g/mol. The lowest BCUT2D eigenvalue weighted by Crippen LogP contribution is -2.51. The zero-order valence-electron chi connectivity index (χ0n) is 24.6. The molecule has 2 aromatic carbocycles. The quantitative estimate of drug-likeness (QED) is 0.306. The van der Waals surface area contributed by atoms with Gasteiger partial charge in [-0.1, -0.05) is 12.0 Å². The van der Waals surface area contributed by atoms with Gasteiger partial charge in [0.1, 0.15) is 35.2 Å². The van der Waals surface area contributed by atoms with E-state index in [1.54, 1.807) is 6.20 Å². The molecule has 0 aliphatic carbocycles. The molecule has 10 heteroatoms. The average molecular weight is 597 g/mol. The summed E-state index contributed by atoms with van der Waals surface area (Å²) in [5, 5.41) is 15.4. The van der Waals surface area contributed by atoms with E-state index in [1.165, 1.54) is 24.3 Å². The SMILES string of the molecule is C#Cc1c(F)ccc2cc(O)cc(-c3ncc4c(N5CC6CCC(C5)N6)nc(OC[C@@]56CCCN5[C@@H](C)CC6)nc4c3F)c12. The molecule has 8 rings (SSSR count). The Morgan fingerprint density at radius 2 is 1.95 bits per heavy atom. The maximum Gasteiger partial charge on any atom is 0.319 e. The molecule has 226 valence electrons. The summed E-state index contributed by atoms with van der Waals surface area (Å²) in [7, 11) is 0. The van der Waals surface area contributed by atoms with Crippen LogP contribution in [0.25, 0.3) is 32.9 Å². The second-order valence-electron chi connectivity index (χ2n) is 12.9. The van der Waals surface area contributed by atoms with E-state index < -0.39 is 11.6 Å². The van der Waals surface area contributed by atoms with Crippen LogP contribution in [0.5, 0.6) is 11.8 Å². The lowest BCUT2D eigenvalue weighted by atomic mass is 9.95. The molecule has 8 nitrogen and oxygen atoms in total. The van der Waals surface area contributed by atoms with Crippen LogP contribution in [-0.4, -0.2) is 74.9 Å². The number of nitrogens with one attached hydrogen (secondary N) is 1. The van der Waals surface area contributed by atoms with E-state index in [4.69, 9.17) is 16.1 Å². The number of terminal acetylenes is 1. The van der Waals surface area contributed by atoms with Crippen LogP contribution < -0.4 is 15.0 Å². The highest BCUT2D eigenvalue weighted by molar-refractivity contribution is 6.03. The first-order chi connectivity index (χ1) is 21.3. The normalized spacial score (nSPS) is 26.4. The summed E-state index contributed by atoms with van der Waals surface area (Å²) in [6, 6.07) is 6.89. The summed E-state index contributed by atoms with van der Waals surface area (Å²) < 4.78 is 38.0. The minimum Gasteiger partial charge on any atom is -0.508 e. The van der Waals surface area contributed by atoms with Gasteiger partial charge in [-0.25, -0.2) is 8.78 Å². The van der Waals surface area contributed by atoms with Gasteiger partial charge in [0.25, 0.3) is 0 Å². The topological polar surface area (TPSA) is 86.6 Å². The number of halogens is 2. The number of hydrogen-bond donors (Lipinski definition) is 2. The molecule has 2 bridgehead atoms. The van der Waals surface area contributed by atoms with Crippen LogP contribution in [-0.2, 0) is 0 Å². The van der Waals surface area contributed by atoms with E-state index in [0.29, 0.717) is 46.7 Å². The third-order valence-corrected chi connectivity index (χ3v) is 10.3. The van der Waals surface area contributed by atoms with Crippen molar-refractivity contribution in [2.75, 3.05) is 31.1 Å². The molecule has 6 heterocycles. The number of hydrogen-bond acceptors (Lipinski definition) is 8. The number of phenols is 1. The Bertz CT molecular complexity index is 1850. The summed E-state index contributed by atoms with van der Waals surface area (Å²) >= 11 is 0. The fourth-order valence-corrected chi connectivity index (χ4v) is 8.21. The van der Waals surface area contributed by atoms with E-state index in [9.17, 15) is 9.50 Å². The number of pyridine rings is 1. The van der Waals surface area contributed by atoms with Crippen molar-refractivity contribution in [3.8, 4) is 35.4 Å². The van der Waals surface area contributed by atoms with Crippen LogP contribution >= 0.6 is 0 Å². The van der Waals surface area contributed by atoms with E-state index in [2.05, 4.69) is 37.9 Å². The third-order valence-electron chi connectivity index (χ3n) is 10.3. The zero-order valence-corrected chi connectivity index (χ0v) is 24.6. The molecule has 2 N–H and O–H groups in total. The van der Waals surface area contributed by atoms with Crippen molar-refractivity contribution in [1.82, 2.24) is 25.2 Å². The second kappa shape index (κ2) is 10.2. The fraction of sp³-hybridized carbons (Fsp3) is 0.441. The number of benzene rings is 2. The number of ether oxygens (including phenoxy) is 1. The van der Waals surface area contributed by atoms with E-state index in [-0.39, 0.29) is 39.6 Å². The van der Waals surface area contributed by atoms with Crippen molar-refractivity contribution in [2.24, 2.45) is 0 Å². The number of aromatic nitrogens is 3. The second-order valence-corrected chi connectivity index (χ2v) is 12.9. The van der Waals surface area contributed by atoms with Crippen molar-refractivity contribution in [1.29, 1.82) is 0 Å². The molecule has 4 aliphatic heterocycles. The maximum atomic E-state index is 16.8. The van der Waals surface area contributed by atoms with Crippen LogP contribution in [0.3, 0.4) is 0 Å². The predicted octanol–water partition coefficient (Wildman–Crippen LogP) is 5.15. The molecular weight excluding hydrogens is 562 g/mol. The van der Waals surface area contributed by atoms with Crippen LogP contribution in [0.4, 0.5) is 14.6 Å². The molecule has 4 aliphatic rings. The Balaban J connectivity index is 1.28. The van der Waals surface area contributed by atoms with Gasteiger partial charge in [0.15, 0.2) is 5.82 Å². The number of nitrogens with zero attached hydrogens (tertiary/aromatic N) is 5. The third kappa shape index (κ3) is 4.28. The smallest absolute Gasteiger partial charge is 0.319 e. The highest BCUT2D eigenvalue weighted by Crippen LogP contribution is 2.43. The van der Waals surface area contributed by atoms with Gasteiger partial charge in [-0.3, -0.25) is 9.88 Å². The van der Waals surface area contributed by atoms with Crippen molar-refractivity contribution >= 4 is 27.5 Å². The zero-order chi connectivity index (χ0) is 30.2. The van der Waals surface area contributed by atoms with Crippen molar-refractivity contribution in [3.05, 3.63) is 47.7 Å². The largest absolute Gasteiger partial charge is 0.508 e. The number of fused-ring (bicyclic) bond motifs is 5. The van der Waals surface area contributed by atoms with E-state index in [0.717, 1.165) is 58.2 Å². The Morgan fingerprint density at radius 1 is 1.14 bits per heavy atom. The lowest BCUT2D eigenvalue weighted by molar-refractivity contribution is 0.0889. The molecule has 4 aromatic rings. The van der Waals surface area contributed by atoms with Crippen LogP contribution in [0.15, 0.2) is 30.5 Å². The van der Waals surface area contributed by atoms with Gasteiger partial charge in [-0.15, -0.1) is 6.42 Å². The van der Waals surface area contributed by atoms with Gasteiger partial charge in [0.2, 0.25) is 0 Å². The van der Waals surface area contributed by atoms with Gasteiger partial charge < -0.3 is 20.1 Å². The highest BCUT2D eigenvalue weighted by atomic mass is 19.1. The molecule has 44 heavy (non-hydrogen) atoms. The molecule has 0 amide bonds. The summed E-state index contributed by atoms with van der Waals surface area (Å²) in [6.45, 7) is 5.24. The maximum absolute atomic E-state index is 16.8. The van der Waals surface area contributed by atoms with Crippen LogP contribution in [0, 0.1) is 24.0 Å². The first kappa shape index (κ1) is 27.5. The van der Waals surface area contributed by atoms with Crippen molar-refractivity contribution in [3.63, 3.8) is 0 Å². The molecule has 4 saturated heterocycles. The molecule has 4 atom stereocenters. The molecular formula is C34H34F2N6O2. The summed E-state index contributed by atoms with van der Waals surface area (Å²) in [5.74, 6) is 1.56. The minimum atomic E-state index is -0.705. The standard InChI is InChI=1S/C34H34F2N6O2/c1-3-24-27(35)8-5-20-13-23(43)14-25(28(20)24)30-29(36)31-26(15-37-30)32(41-16-21-6-7-22(17-41)38-21)40-33(39-31)44-18-34-10-4-12-42(34)19(2)9-11-34/h1,5,8,13-15,19,21-22,38,43H,4,6-7,9-12,16-18H2,2H3/t19-,21?,22?,34-/m0/s1. The number of anilines is 1. The summed E-state index contributed by atoms with van der Waals surface area (Å²) in [6.07, 6.45) is 13.8. The average Bonchev–Trinajstić information content (AvgIpc) is 3.69. The molecule has 4 fully saturated rings. The van der Waals surface area contributed by atoms with E-state index >= 15 is 4.39 Å². The molecule has 0 radical (unpaired) electrons. The predicted molar refractivity (Wildman–Crippen MR) is 165 cm³/mol. The number of aromatic hydroxyl groups is 1. The molecule has 0 saturated carbocycles. The Morgan fingerprint density at radius 3 is 2.75 bits per heavy atom. The Kier molecular flexibility index (Phi) is 6.40. The highest BCUT2D eigenvalue weighted by Gasteiger charge is 2.48. The van der Waals surface area contributed by atoms with Gasteiger partial charge in [0, 0.05) is 48.4 Å². The van der Waals surface area contributed by atoms with Gasteiger partial charge in [-0.2, -0.15) is 9.97 Å². The van der Waals surface area contributed by atoms with Crippen molar-refractivity contribution < 1.29 is 18.6 Å². The van der Waals surface area contributed by atoms with Gasteiger partial charge in [0.05, 0.1) is 16.5 Å².